The van der Waals surface area contributed by atoms with Gasteiger partial charge >= 0.3 is 0 Å². The van der Waals surface area contributed by atoms with Crippen molar-refractivity contribution in [2.75, 3.05) is 0 Å². The second kappa shape index (κ2) is 5.46. The Labute approximate surface area is 103 Å². The Morgan fingerprint density at radius 1 is 1.24 bits per heavy atom. The molecule has 1 aliphatic rings. The molecule has 1 N–H and O–H groups in total. The van der Waals surface area contributed by atoms with Crippen molar-refractivity contribution in [3.05, 3.63) is 35.4 Å². The van der Waals surface area contributed by atoms with Crippen molar-refractivity contribution in [1.82, 2.24) is 0 Å². The van der Waals surface area contributed by atoms with Gasteiger partial charge in [-0.05, 0) is 31.2 Å². The largest absolute Gasteiger partial charge is 0.385 e. The molecule has 2 nitrogen and oxygen atoms in total. The van der Waals surface area contributed by atoms with E-state index < -0.39 is 6.10 Å². The van der Waals surface area contributed by atoms with E-state index in [4.69, 9.17) is 0 Å². The number of Topliss-reactive ketones (excluding diaryl/α,β-unsaturated/α-hetero) is 1. The number of ketones is 1. The average Bonchev–Trinajstić information content (AvgIpc) is 2.39. The molecule has 1 aliphatic carbocycles. The maximum absolute atomic E-state index is 12.2. The number of carbonyl (C=O) groups excluding carboxylic acids is 1. The quantitative estimate of drug-likeness (QED) is 0.813. The van der Waals surface area contributed by atoms with Crippen LogP contribution in [0.2, 0.25) is 0 Å². The van der Waals surface area contributed by atoms with Crippen LogP contribution in [0.1, 0.15) is 48.0 Å². The lowest BCUT2D eigenvalue weighted by Gasteiger charge is -2.25. The number of carbonyl (C=O) groups is 1. The standard InChI is InChI=1S/C15H20O2/c1-11-7-5-6-10-13(11)15(17)14(16)12-8-3-2-4-9-12/h5-7,10,12,14,16H,2-4,8-9H2,1H3. The summed E-state index contributed by atoms with van der Waals surface area (Å²) in [4.78, 5) is 12.2. The van der Waals surface area contributed by atoms with E-state index in [1.165, 1.54) is 6.42 Å². The maximum Gasteiger partial charge on any atom is 0.191 e. The van der Waals surface area contributed by atoms with Crippen LogP contribution in [0.5, 0.6) is 0 Å². The minimum Gasteiger partial charge on any atom is -0.385 e. The molecule has 2 heteroatoms. The van der Waals surface area contributed by atoms with E-state index in [0.717, 1.165) is 31.2 Å². The zero-order valence-electron chi connectivity index (χ0n) is 10.4. The fourth-order valence-corrected chi connectivity index (χ4v) is 2.67. The highest BCUT2D eigenvalue weighted by Crippen LogP contribution is 2.28. The number of hydrogen-bond donors (Lipinski definition) is 1. The number of aryl methyl sites for hydroxylation is 1. The summed E-state index contributed by atoms with van der Waals surface area (Å²) in [6.45, 7) is 1.92. The van der Waals surface area contributed by atoms with Gasteiger partial charge in [0.05, 0.1) is 0 Å². The van der Waals surface area contributed by atoms with Gasteiger partial charge in [0, 0.05) is 5.56 Å². The minimum atomic E-state index is -0.809. The molecular weight excluding hydrogens is 212 g/mol. The molecule has 1 saturated carbocycles. The van der Waals surface area contributed by atoms with E-state index in [1.54, 1.807) is 0 Å². The number of rotatable bonds is 3. The van der Waals surface area contributed by atoms with E-state index in [1.807, 2.05) is 31.2 Å². The van der Waals surface area contributed by atoms with Gasteiger partial charge in [0.25, 0.3) is 0 Å². The van der Waals surface area contributed by atoms with Crippen LogP contribution in [0.3, 0.4) is 0 Å². The van der Waals surface area contributed by atoms with Crippen molar-refractivity contribution < 1.29 is 9.90 Å². The van der Waals surface area contributed by atoms with Gasteiger partial charge in [-0.1, -0.05) is 43.5 Å². The third kappa shape index (κ3) is 2.75. The number of aliphatic hydroxyl groups excluding tert-OH is 1. The lowest BCUT2D eigenvalue weighted by molar-refractivity contribution is 0.0534. The van der Waals surface area contributed by atoms with Crippen molar-refractivity contribution in [3.8, 4) is 0 Å². The van der Waals surface area contributed by atoms with Gasteiger partial charge in [-0.25, -0.2) is 0 Å². The summed E-state index contributed by atoms with van der Waals surface area (Å²) in [7, 11) is 0. The van der Waals surface area contributed by atoms with Gasteiger partial charge in [-0.3, -0.25) is 4.79 Å². The molecule has 0 amide bonds. The van der Waals surface area contributed by atoms with Gasteiger partial charge in [0.15, 0.2) is 5.78 Å². The first-order valence-electron chi connectivity index (χ1n) is 6.48. The van der Waals surface area contributed by atoms with Crippen LogP contribution in [-0.2, 0) is 0 Å². The SMILES string of the molecule is Cc1ccccc1C(=O)C(O)C1CCCCC1. The van der Waals surface area contributed by atoms with Crippen LogP contribution < -0.4 is 0 Å². The van der Waals surface area contributed by atoms with E-state index in [0.29, 0.717) is 5.56 Å². The molecule has 0 bridgehead atoms. The first-order chi connectivity index (χ1) is 8.20. The molecule has 92 valence electrons. The highest BCUT2D eigenvalue weighted by atomic mass is 16.3. The molecule has 1 fully saturated rings. The molecule has 0 heterocycles. The molecule has 0 radical (unpaired) electrons. The molecule has 1 atom stereocenters. The number of benzene rings is 1. The Morgan fingerprint density at radius 2 is 1.88 bits per heavy atom. The maximum atomic E-state index is 12.2. The summed E-state index contributed by atoms with van der Waals surface area (Å²) in [5.74, 6) is 0.0610. The zero-order valence-corrected chi connectivity index (χ0v) is 10.4. The summed E-state index contributed by atoms with van der Waals surface area (Å²) in [6, 6.07) is 7.50. The predicted molar refractivity (Wildman–Crippen MR) is 68.1 cm³/mol. The van der Waals surface area contributed by atoms with Gasteiger partial charge in [-0.15, -0.1) is 0 Å². The second-order valence-electron chi connectivity index (χ2n) is 5.02. The zero-order chi connectivity index (χ0) is 12.3. The second-order valence-corrected chi connectivity index (χ2v) is 5.02. The fraction of sp³-hybridized carbons (Fsp3) is 0.533. The Bertz CT molecular complexity index is 392. The highest BCUT2D eigenvalue weighted by molar-refractivity contribution is 6.00. The molecule has 1 unspecified atom stereocenters. The molecule has 1 aromatic carbocycles. The predicted octanol–water partition coefficient (Wildman–Crippen LogP) is 3.12. The Morgan fingerprint density at radius 3 is 2.53 bits per heavy atom. The van der Waals surface area contributed by atoms with E-state index in [-0.39, 0.29) is 11.7 Å². The molecule has 0 spiro atoms. The Balaban J connectivity index is 2.11. The molecule has 2 rings (SSSR count). The van der Waals surface area contributed by atoms with Crippen molar-refractivity contribution >= 4 is 5.78 Å². The summed E-state index contributed by atoms with van der Waals surface area (Å²) >= 11 is 0. The summed E-state index contributed by atoms with van der Waals surface area (Å²) in [5.41, 5.74) is 1.62. The highest BCUT2D eigenvalue weighted by Gasteiger charge is 2.28. The van der Waals surface area contributed by atoms with Gasteiger partial charge < -0.3 is 5.11 Å². The molecule has 0 aliphatic heterocycles. The van der Waals surface area contributed by atoms with Crippen molar-refractivity contribution in [1.29, 1.82) is 0 Å². The third-order valence-corrected chi connectivity index (χ3v) is 3.78. The first kappa shape index (κ1) is 12.3. The smallest absolute Gasteiger partial charge is 0.191 e. The fourth-order valence-electron chi connectivity index (χ4n) is 2.67. The Kier molecular flexibility index (Phi) is 3.95. The first-order valence-corrected chi connectivity index (χ1v) is 6.48. The monoisotopic (exact) mass is 232 g/mol. The summed E-state index contributed by atoms with van der Waals surface area (Å²) < 4.78 is 0. The summed E-state index contributed by atoms with van der Waals surface area (Å²) in [6.07, 6.45) is 4.68. The van der Waals surface area contributed by atoms with Crippen LogP contribution >= 0.6 is 0 Å². The lowest BCUT2D eigenvalue weighted by Crippen LogP contribution is -2.31. The normalized spacial score (nSPS) is 18.9. The van der Waals surface area contributed by atoms with Crippen molar-refractivity contribution in [2.45, 2.75) is 45.1 Å². The van der Waals surface area contributed by atoms with Crippen molar-refractivity contribution in [3.63, 3.8) is 0 Å². The van der Waals surface area contributed by atoms with Crippen LogP contribution in [0.25, 0.3) is 0 Å². The van der Waals surface area contributed by atoms with Crippen LogP contribution in [0, 0.1) is 12.8 Å². The van der Waals surface area contributed by atoms with Crippen molar-refractivity contribution in [2.24, 2.45) is 5.92 Å². The topological polar surface area (TPSA) is 37.3 Å². The molecule has 0 aromatic heterocycles. The number of aliphatic hydroxyl groups is 1. The molecular formula is C15H20O2. The lowest BCUT2D eigenvalue weighted by atomic mass is 9.82. The summed E-state index contributed by atoms with van der Waals surface area (Å²) in [5, 5.41) is 10.2. The van der Waals surface area contributed by atoms with Gasteiger partial charge in [0.2, 0.25) is 0 Å². The van der Waals surface area contributed by atoms with Gasteiger partial charge in [0.1, 0.15) is 6.10 Å². The molecule has 0 saturated heterocycles. The molecule has 17 heavy (non-hydrogen) atoms. The molecule has 1 aromatic rings. The van der Waals surface area contributed by atoms with E-state index in [2.05, 4.69) is 0 Å². The van der Waals surface area contributed by atoms with Crippen LogP contribution in [-0.4, -0.2) is 17.0 Å². The van der Waals surface area contributed by atoms with E-state index >= 15 is 0 Å². The van der Waals surface area contributed by atoms with Crippen LogP contribution in [0.15, 0.2) is 24.3 Å². The van der Waals surface area contributed by atoms with E-state index in [9.17, 15) is 9.90 Å². The van der Waals surface area contributed by atoms with Gasteiger partial charge in [-0.2, -0.15) is 0 Å². The number of hydrogen-bond acceptors (Lipinski definition) is 2. The minimum absolute atomic E-state index is 0.102. The average molecular weight is 232 g/mol. The third-order valence-electron chi connectivity index (χ3n) is 3.78. The van der Waals surface area contributed by atoms with Crippen LogP contribution in [0.4, 0.5) is 0 Å². The Hall–Kier alpha value is -1.15.